The summed E-state index contributed by atoms with van der Waals surface area (Å²) < 4.78 is 0. The van der Waals surface area contributed by atoms with Crippen LogP contribution in [-0.4, -0.2) is 5.91 Å². The molecule has 2 rings (SSSR count). The fourth-order valence-electron chi connectivity index (χ4n) is 1.68. The number of allylic oxidation sites excluding steroid dienone is 1. The second-order valence-corrected chi connectivity index (χ2v) is 4.17. The lowest BCUT2D eigenvalue weighted by Crippen LogP contribution is -2.10. The third kappa shape index (κ3) is 4.32. The van der Waals surface area contributed by atoms with E-state index >= 15 is 0 Å². The maximum absolute atomic E-state index is 11.8. The van der Waals surface area contributed by atoms with E-state index in [1.165, 1.54) is 0 Å². The van der Waals surface area contributed by atoms with Crippen LogP contribution in [0, 0.1) is 0 Å². The highest BCUT2D eigenvalue weighted by Gasteiger charge is 1.99. The summed E-state index contributed by atoms with van der Waals surface area (Å²) in [5, 5.41) is 5.96. The Bertz CT molecular complexity index is 562. The zero-order valence-electron chi connectivity index (χ0n) is 10.8. The number of carbonyl (C=O) groups is 1. The molecule has 2 aromatic rings. The van der Waals surface area contributed by atoms with Gasteiger partial charge in [0, 0.05) is 23.1 Å². The van der Waals surface area contributed by atoms with E-state index in [2.05, 4.69) is 10.6 Å². The molecule has 2 N–H and O–H groups in total. The smallest absolute Gasteiger partial charge is 0.250 e. The molecular weight excluding hydrogens is 236 g/mol. The summed E-state index contributed by atoms with van der Waals surface area (Å²) in [6, 6.07) is 19.1. The van der Waals surface area contributed by atoms with Gasteiger partial charge in [0.25, 0.3) is 0 Å². The third-order valence-corrected chi connectivity index (χ3v) is 2.50. The normalized spacial score (nSPS) is 10.9. The summed E-state index contributed by atoms with van der Waals surface area (Å²) in [4.78, 5) is 11.8. The molecule has 0 saturated carbocycles. The first-order valence-electron chi connectivity index (χ1n) is 6.10. The zero-order chi connectivity index (χ0) is 13.5. The van der Waals surface area contributed by atoms with Crippen LogP contribution in [0.15, 0.2) is 72.4 Å². The number of benzene rings is 2. The average Bonchev–Trinajstić information content (AvgIpc) is 2.40. The van der Waals surface area contributed by atoms with Crippen LogP contribution in [0.2, 0.25) is 0 Å². The molecule has 0 aliphatic heterocycles. The Morgan fingerprint density at radius 2 is 1.32 bits per heavy atom. The van der Waals surface area contributed by atoms with E-state index in [9.17, 15) is 4.79 Å². The van der Waals surface area contributed by atoms with Crippen molar-refractivity contribution in [1.82, 2.24) is 0 Å². The van der Waals surface area contributed by atoms with Gasteiger partial charge in [-0.25, -0.2) is 0 Å². The lowest BCUT2D eigenvalue weighted by atomic mass is 10.3. The molecule has 0 spiro atoms. The molecule has 0 radical (unpaired) electrons. The largest absolute Gasteiger partial charge is 0.359 e. The van der Waals surface area contributed by atoms with Crippen molar-refractivity contribution in [3.05, 3.63) is 72.4 Å². The summed E-state index contributed by atoms with van der Waals surface area (Å²) in [6.07, 6.45) is 1.54. The monoisotopic (exact) mass is 252 g/mol. The number of hydrogen-bond acceptors (Lipinski definition) is 2. The van der Waals surface area contributed by atoms with Gasteiger partial charge < -0.3 is 10.6 Å². The first-order valence-corrected chi connectivity index (χ1v) is 6.10. The minimum Gasteiger partial charge on any atom is -0.359 e. The quantitative estimate of drug-likeness (QED) is 0.816. The first-order chi connectivity index (χ1) is 9.24. The Hall–Kier alpha value is -2.55. The van der Waals surface area contributed by atoms with Crippen LogP contribution in [0.3, 0.4) is 0 Å². The number of hydrogen-bond donors (Lipinski definition) is 2. The number of carbonyl (C=O) groups excluding carboxylic acids is 1. The van der Waals surface area contributed by atoms with Crippen molar-refractivity contribution >= 4 is 17.3 Å². The van der Waals surface area contributed by atoms with Crippen LogP contribution in [0.25, 0.3) is 0 Å². The molecule has 3 heteroatoms. The van der Waals surface area contributed by atoms with E-state index in [1.807, 2.05) is 67.6 Å². The van der Waals surface area contributed by atoms with Crippen molar-refractivity contribution in [3.8, 4) is 0 Å². The summed E-state index contributed by atoms with van der Waals surface area (Å²) >= 11 is 0. The number of nitrogens with one attached hydrogen (secondary N) is 2. The average molecular weight is 252 g/mol. The van der Waals surface area contributed by atoms with Crippen molar-refractivity contribution in [2.24, 2.45) is 0 Å². The standard InChI is InChI=1S/C16H16N2O/c1-13(17-14-8-4-2-5-9-14)12-16(19)18-15-10-6-3-7-11-15/h2-12,17H,1H3,(H,18,19). The molecule has 0 aliphatic carbocycles. The predicted octanol–water partition coefficient (Wildman–Crippen LogP) is 3.64. The Morgan fingerprint density at radius 3 is 1.84 bits per heavy atom. The Kier molecular flexibility index (Phi) is 4.34. The van der Waals surface area contributed by atoms with E-state index in [1.54, 1.807) is 6.08 Å². The molecule has 0 fully saturated rings. The second kappa shape index (κ2) is 6.40. The van der Waals surface area contributed by atoms with E-state index in [-0.39, 0.29) is 5.91 Å². The lowest BCUT2D eigenvalue weighted by Gasteiger charge is -2.06. The molecule has 1 amide bonds. The summed E-state index contributed by atoms with van der Waals surface area (Å²) in [5.41, 5.74) is 2.54. The van der Waals surface area contributed by atoms with Gasteiger partial charge in [0.15, 0.2) is 0 Å². The number of anilines is 2. The van der Waals surface area contributed by atoms with Gasteiger partial charge >= 0.3 is 0 Å². The molecule has 0 atom stereocenters. The van der Waals surface area contributed by atoms with Crippen molar-refractivity contribution in [3.63, 3.8) is 0 Å². The molecule has 0 unspecified atom stereocenters. The highest BCUT2D eigenvalue weighted by Crippen LogP contribution is 2.09. The maximum Gasteiger partial charge on any atom is 0.250 e. The SMILES string of the molecule is CC(=CC(=O)Nc1ccccc1)Nc1ccccc1. The van der Waals surface area contributed by atoms with Crippen LogP contribution in [0.1, 0.15) is 6.92 Å². The van der Waals surface area contributed by atoms with Gasteiger partial charge in [0.05, 0.1) is 0 Å². The van der Waals surface area contributed by atoms with Gasteiger partial charge in [-0.1, -0.05) is 36.4 Å². The Balaban J connectivity index is 1.95. The Labute approximate surface area is 113 Å². The third-order valence-electron chi connectivity index (χ3n) is 2.50. The fourth-order valence-corrected chi connectivity index (χ4v) is 1.68. The van der Waals surface area contributed by atoms with Crippen LogP contribution >= 0.6 is 0 Å². The Morgan fingerprint density at radius 1 is 0.842 bits per heavy atom. The minimum absolute atomic E-state index is 0.146. The molecule has 2 aromatic carbocycles. The topological polar surface area (TPSA) is 41.1 Å². The lowest BCUT2D eigenvalue weighted by molar-refractivity contribution is -0.111. The molecule has 0 bridgehead atoms. The predicted molar refractivity (Wildman–Crippen MR) is 78.9 cm³/mol. The van der Waals surface area contributed by atoms with E-state index in [4.69, 9.17) is 0 Å². The van der Waals surface area contributed by atoms with Gasteiger partial charge in [-0.05, 0) is 31.2 Å². The number of amides is 1. The molecule has 0 aromatic heterocycles. The fraction of sp³-hybridized carbons (Fsp3) is 0.0625. The zero-order valence-corrected chi connectivity index (χ0v) is 10.8. The van der Waals surface area contributed by atoms with Gasteiger partial charge in [-0.2, -0.15) is 0 Å². The molecular formula is C16H16N2O. The molecule has 96 valence electrons. The molecule has 0 saturated heterocycles. The summed E-state index contributed by atoms with van der Waals surface area (Å²) in [6.45, 7) is 1.86. The van der Waals surface area contributed by atoms with Gasteiger partial charge in [-0.3, -0.25) is 4.79 Å². The molecule has 0 heterocycles. The van der Waals surface area contributed by atoms with Crippen LogP contribution < -0.4 is 10.6 Å². The molecule has 19 heavy (non-hydrogen) atoms. The van der Waals surface area contributed by atoms with Crippen molar-refractivity contribution in [2.45, 2.75) is 6.92 Å². The molecule has 0 aliphatic rings. The van der Waals surface area contributed by atoms with E-state index in [0.717, 1.165) is 17.1 Å². The van der Waals surface area contributed by atoms with Gasteiger partial charge in [0.2, 0.25) is 5.91 Å². The maximum atomic E-state index is 11.8. The van der Waals surface area contributed by atoms with E-state index < -0.39 is 0 Å². The number of rotatable bonds is 4. The highest BCUT2D eigenvalue weighted by atomic mass is 16.1. The van der Waals surface area contributed by atoms with Crippen LogP contribution in [0.4, 0.5) is 11.4 Å². The number of para-hydroxylation sites is 2. The van der Waals surface area contributed by atoms with Crippen molar-refractivity contribution in [1.29, 1.82) is 0 Å². The van der Waals surface area contributed by atoms with E-state index in [0.29, 0.717) is 0 Å². The summed E-state index contributed by atoms with van der Waals surface area (Å²) in [5.74, 6) is -0.146. The van der Waals surface area contributed by atoms with Crippen molar-refractivity contribution < 1.29 is 4.79 Å². The first kappa shape index (κ1) is 12.9. The molecule has 3 nitrogen and oxygen atoms in total. The van der Waals surface area contributed by atoms with Gasteiger partial charge in [0.1, 0.15) is 0 Å². The van der Waals surface area contributed by atoms with Crippen LogP contribution in [0.5, 0.6) is 0 Å². The van der Waals surface area contributed by atoms with Gasteiger partial charge in [-0.15, -0.1) is 0 Å². The minimum atomic E-state index is -0.146. The van der Waals surface area contributed by atoms with Crippen molar-refractivity contribution in [2.75, 3.05) is 10.6 Å². The highest BCUT2D eigenvalue weighted by molar-refractivity contribution is 5.99. The second-order valence-electron chi connectivity index (χ2n) is 4.17. The van der Waals surface area contributed by atoms with Crippen LogP contribution in [-0.2, 0) is 4.79 Å². The summed E-state index contributed by atoms with van der Waals surface area (Å²) in [7, 11) is 0.